The predicted molar refractivity (Wildman–Crippen MR) is 64.6 cm³/mol. The maximum absolute atomic E-state index is 5.46. The molecule has 0 spiro atoms. The molecule has 1 fully saturated rings. The highest BCUT2D eigenvalue weighted by Crippen LogP contribution is 2.23. The van der Waals surface area contributed by atoms with Crippen LogP contribution in [0.15, 0.2) is 12.4 Å². The highest BCUT2D eigenvalue weighted by molar-refractivity contribution is 5.29. The first kappa shape index (κ1) is 11.5. The van der Waals surface area contributed by atoms with Crippen molar-refractivity contribution in [3.63, 3.8) is 0 Å². The molecule has 16 heavy (non-hydrogen) atoms. The van der Waals surface area contributed by atoms with Crippen molar-refractivity contribution in [3.8, 4) is 0 Å². The highest BCUT2D eigenvalue weighted by Gasteiger charge is 2.22. The van der Waals surface area contributed by atoms with Crippen molar-refractivity contribution in [2.75, 3.05) is 18.5 Å². The first-order valence-electron chi connectivity index (χ1n) is 6.25. The van der Waals surface area contributed by atoms with E-state index in [1.54, 1.807) is 0 Å². The molecule has 4 heteroatoms. The minimum Gasteiger partial charge on any atom is -0.381 e. The number of rotatable bonds is 8. The number of aromatic nitrogens is 2. The molecule has 2 rings (SSSR count). The van der Waals surface area contributed by atoms with Crippen molar-refractivity contribution in [1.82, 2.24) is 9.55 Å². The molecule has 1 aliphatic rings. The summed E-state index contributed by atoms with van der Waals surface area (Å²) in [5.74, 6) is 1.01. The predicted octanol–water partition coefficient (Wildman–Crippen LogP) is 2.27. The molecule has 90 valence electrons. The largest absolute Gasteiger partial charge is 0.381 e. The zero-order chi connectivity index (χ0) is 11.2. The van der Waals surface area contributed by atoms with E-state index in [1.807, 2.05) is 12.4 Å². The van der Waals surface area contributed by atoms with Crippen molar-refractivity contribution in [3.05, 3.63) is 12.4 Å². The SMILES string of the molecule is CCCOCCCn1ccnc1NC1CC1. The Morgan fingerprint density at radius 1 is 1.50 bits per heavy atom. The van der Waals surface area contributed by atoms with Crippen LogP contribution in [0.4, 0.5) is 5.95 Å². The lowest BCUT2D eigenvalue weighted by atomic mass is 10.4. The summed E-state index contributed by atoms with van der Waals surface area (Å²) in [6.45, 7) is 4.83. The Kier molecular flexibility index (Phi) is 4.22. The summed E-state index contributed by atoms with van der Waals surface area (Å²) < 4.78 is 7.63. The Morgan fingerprint density at radius 3 is 3.12 bits per heavy atom. The second kappa shape index (κ2) is 5.89. The van der Waals surface area contributed by atoms with Crippen LogP contribution in [-0.4, -0.2) is 28.8 Å². The molecule has 0 saturated heterocycles. The van der Waals surface area contributed by atoms with Gasteiger partial charge in [-0.25, -0.2) is 4.98 Å². The minimum absolute atomic E-state index is 0.664. The van der Waals surface area contributed by atoms with Crippen LogP contribution in [0.5, 0.6) is 0 Å². The maximum atomic E-state index is 5.46. The van der Waals surface area contributed by atoms with Gasteiger partial charge in [-0.1, -0.05) is 6.92 Å². The van der Waals surface area contributed by atoms with Gasteiger partial charge in [0.25, 0.3) is 0 Å². The van der Waals surface area contributed by atoms with E-state index in [0.717, 1.165) is 38.5 Å². The van der Waals surface area contributed by atoms with Gasteiger partial charge in [0.1, 0.15) is 0 Å². The first-order valence-corrected chi connectivity index (χ1v) is 6.25. The molecular formula is C12H21N3O. The van der Waals surface area contributed by atoms with Gasteiger partial charge in [-0.2, -0.15) is 0 Å². The van der Waals surface area contributed by atoms with Crippen LogP contribution in [0.25, 0.3) is 0 Å². The highest BCUT2D eigenvalue weighted by atomic mass is 16.5. The molecule has 0 radical (unpaired) electrons. The van der Waals surface area contributed by atoms with Gasteiger partial charge in [0.05, 0.1) is 0 Å². The quantitative estimate of drug-likeness (QED) is 0.687. The summed E-state index contributed by atoms with van der Waals surface area (Å²) >= 11 is 0. The van der Waals surface area contributed by atoms with Gasteiger partial charge in [0.15, 0.2) is 0 Å². The van der Waals surface area contributed by atoms with Gasteiger partial charge in [-0.05, 0) is 25.7 Å². The van der Waals surface area contributed by atoms with Crippen LogP contribution in [0, 0.1) is 0 Å². The van der Waals surface area contributed by atoms with E-state index in [2.05, 4.69) is 21.8 Å². The Balaban J connectivity index is 1.68. The molecule has 1 heterocycles. The molecule has 1 aliphatic carbocycles. The zero-order valence-electron chi connectivity index (χ0n) is 9.98. The average Bonchev–Trinajstić information content (AvgIpc) is 2.99. The second-order valence-corrected chi connectivity index (χ2v) is 4.33. The lowest BCUT2D eigenvalue weighted by Gasteiger charge is -2.09. The summed E-state index contributed by atoms with van der Waals surface area (Å²) in [6, 6.07) is 0.664. The number of anilines is 1. The van der Waals surface area contributed by atoms with Crippen LogP contribution in [-0.2, 0) is 11.3 Å². The molecule has 0 unspecified atom stereocenters. The van der Waals surface area contributed by atoms with Crippen LogP contribution >= 0.6 is 0 Å². The molecule has 0 bridgehead atoms. The minimum atomic E-state index is 0.664. The van der Waals surface area contributed by atoms with Crippen LogP contribution < -0.4 is 5.32 Å². The van der Waals surface area contributed by atoms with Crippen molar-refractivity contribution < 1.29 is 4.74 Å². The molecular weight excluding hydrogens is 202 g/mol. The van der Waals surface area contributed by atoms with E-state index < -0.39 is 0 Å². The number of ether oxygens (including phenoxy) is 1. The van der Waals surface area contributed by atoms with Crippen molar-refractivity contribution in [2.45, 2.75) is 45.2 Å². The third-order valence-corrected chi connectivity index (χ3v) is 2.66. The summed E-state index contributed by atoms with van der Waals surface area (Å²) in [6.07, 6.45) is 8.61. The van der Waals surface area contributed by atoms with E-state index in [-0.39, 0.29) is 0 Å². The molecule has 1 aromatic heterocycles. The van der Waals surface area contributed by atoms with Gasteiger partial charge in [-0.15, -0.1) is 0 Å². The number of hydrogen-bond donors (Lipinski definition) is 1. The number of nitrogens with one attached hydrogen (secondary N) is 1. The lowest BCUT2D eigenvalue weighted by Crippen LogP contribution is -2.10. The topological polar surface area (TPSA) is 39.1 Å². The fraction of sp³-hybridized carbons (Fsp3) is 0.750. The van der Waals surface area contributed by atoms with Gasteiger partial charge in [0, 0.05) is 38.2 Å². The van der Waals surface area contributed by atoms with E-state index in [4.69, 9.17) is 4.74 Å². The smallest absolute Gasteiger partial charge is 0.202 e. The number of nitrogens with zero attached hydrogens (tertiary/aromatic N) is 2. The average molecular weight is 223 g/mol. The van der Waals surface area contributed by atoms with Gasteiger partial charge in [0.2, 0.25) is 5.95 Å². The van der Waals surface area contributed by atoms with Crippen molar-refractivity contribution in [1.29, 1.82) is 0 Å². The Hall–Kier alpha value is -1.03. The molecule has 1 N–H and O–H groups in total. The molecule has 0 amide bonds. The summed E-state index contributed by atoms with van der Waals surface area (Å²) in [7, 11) is 0. The maximum Gasteiger partial charge on any atom is 0.202 e. The Morgan fingerprint density at radius 2 is 2.38 bits per heavy atom. The lowest BCUT2D eigenvalue weighted by molar-refractivity contribution is 0.129. The van der Waals surface area contributed by atoms with Crippen LogP contribution in [0.3, 0.4) is 0 Å². The first-order chi connectivity index (χ1) is 7.90. The van der Waals surface area contributed by atoms with Crippen molar-refractivity contribution >= 4 is 5.95 Å². The van der Waals surface area contributed by atoms with E-state index >= 15 is 0 Å². The normalized spacial score (nSPS) is 15.3. The molecule has 0 aliphatic heterocycles. The summed E-state index contributed by atoms with van der Waals surface area (Å²) in [5, 5.41) is 3.43. The van der Waals surface area contributed by atoms with E-state index in [0.29, 0.717) is 6.04 Å². The fourth-order valence-corrected chi connectivity index (χ4v) is 1.62. The third-order valence-electron chi connectivity index (χ3n) is 2.66. The standard InChI is InChI=1S/C12H21N3O/c1-2-9-16-10-3-7-15-8-6-13-12(15)14-11-4-5-11/h6,8,11H,2-5,7,9-10H2,1H3,(H,13,14). The van der Waals surface area contributed by atoms with Crippen molar-refractivity contribution in [2.24, 2.45) is 0 Å². The monoisotopic (exact) mass is 223 g/mol. The molecule has 4 nitrogen and oxygen atoms in total. The van der Waals surface area contributed by atoms with Crippen LogP contribution in [0.2, 0.25) is 0 Å². The molecule has 1 aromatic rings. The summed E-state index contributed by atoms with van der Waals surface area (Å²) in [5.41, 5.74) is 0. The van der Waals surface area contributed by atoms with Gasteiger partial charge < -0.3 is 14.6 Å². The fourth-order valence-electron chi connectivity index (χ4n) is 1.62. The second-order valence-electron chi connectivity index (χ2n) is 4.33. The molecule has 0 atom stereocenters. The van der Waals surface area contributed by atoms with E-state index in [1.165, 1.54) is 12.8 Å². The van der Waals surface area contributed by atoms with E-state index in [9.17, 15) is 0 Å². The zero-order valence-corrected chi connectivity index (χ0v) is 9.98. The summed E-state index contributed by atoms with van der Waals surface area (Å²) in [4.78, 5) is 4.32. The number of imidazole rings is 1. The Labute approximate surface area is 97.0 Å². The molecule has 1 saturated carbocycles. The molecule has 0 aromatic carbocycles. The third kappa shape index (κ3) is 3.52. The number of hydrogen-bond acceptors (Lipinski definition) is 3. The number of aryl methyl sites for hydroxylation is 1. The van der Waals surface area contributed by atoms with Gasteiger partial charge >= 0.3 is 0 Å². The Bertz CT molecular complexity index is 307. The van der Waals surface area contributed by atoms with Crippen LogP contribution in [0.1, 0.15) is 32.6 Å². The van der Waals surface area contributed by atoms with Gasteiger partial charge in [-0.3, -0.25) is 0 Å².